The van der Waals surface area contributed by atoms with Crippen molar-refractivity contribution < 1.29 is 19.0 Å². The van der Waals surface area contributed by atoms with E-state index in [9.17, 15) is 4.79 Å². The summed E-state index contributed by atoms with van der Waals surface area (Å²) in [5, 5.41) is 0. The summed E-state index contributed by atoms with van der Waals surface area (Å²) in [6.45, 7) is 2.15. The highest BCUT2D eigenvalue weighted by atomic mass is 79.9. The minimum Gasteiger partial charge on any atom is -0.495 e. The molecule has 0 spiro atoms. The van der Waals surface area contributed by atoms with Gasteiger partial charge in [0.2, 0.25) is 0 Å². The number of rotatable bonds is 5. The zero-order chi connectivity index (χ0) is 12.8. The molecule has 0 aromatic heterocycles. The van der Waals surface area contributed by atoms with Gasteiger partial charge in [0.25, 0.3) is 0 Å². The molecule has 0 amide bonds. The van der Waals surface area contributed by atoms with Crippen LogP contribution in [0.15, 0.2) is 16.6 Å². The predicted octanol–water partition coefficient (Wildman–Crippen LogP) is 2.57. The van der Waals surface area contributed by atoms with E-state index in [1.165, 1.54) is 0 Å². The van der Waals surface area contributed by atoms with Gasteiger partial charge in [0.1, 0.15) is 16.0 Å². The third kappa shape index (κ3) is 3.36. The van der Waals surface area contributed by atoms with Gasteiger partial charge in [-0.25, -0.2) is 0 Å². The third-order valence-electron chi connectivity index (χ3n) is 2.21. The van der Waals surface area contributed by atoms with E-state index in [2.05, 4.69) is 15.9 Å². The summed E-state index contributed by atoms with van der Waals surface area (Å²) in [5.74, 6) is 0.981. The van der Waals surface area contributed by atoms with Crippen molar-refractivity contribution in [2.45, 2.75) is 13.3 Å². The normalized spacial score (nSPS) is 9.88. The van der Waals surface area contributed by atoms with Crippen molar-refractivity contribution in [3.8, 4) is 11.5 Å². The number of methoxy groups -OCH3 is 2. The van der Waals surface area contributed by atoms with Gasteiger partial charge in [-0.1, -0.05) is 6.07 Å². The van der Waals surface area contributed by atoms with Crippen LogP contribution in [0.5, 0.6) is 11.5 Å². The molecule has 1 aromatic carbocycles. The van der Waals surface area contributed by atoms with Crippen LogP contribution >= 0.6 is 15.9 Å². The van der Waals surface area contributed by atoms with Crippen molar-refractivity contribution in [3.63, 3.8) is 0 Å². The number of ether oxygens (including phenoxy) is 3. The van der Waals surface area contributed by atoms with Crippen molar-refractivity contribution in [2.75, 3.05) is 20.8 Å². The van der Waals surface area contributed by atoms with Crippen LogP contribution in [0.4, 0.5) is 0 Å². The number of carbonyl (C=O) groups is 1. The number of hydrogen-bond acceptors (Lipinski definition) is 4. The van der Waals surface area contributed by atoms with E-state index in [0.717, 1.165) is 5.56 Å². The van der Waals surface area contributed by atoms with Crippen LogP contribution in [0.25, 0.3) is 0 Å². The molecule has 94 valence electrons. The maximum absolute atomic E-state index is 11.4. The first-order valence-corrected chi connectivity index (χ1v) is 5.98. The zero-order valence-electron chi connectivity index (χ0n) is 10.1. The molecule has 0 atom stereocenters. The SMILES string of the molecule is CCOC(=O)Cc1ccc(OC)c(Br)c1OC. The van der Waals surface area contributed by atoms with Gasteiger partial charge in [0, 0.05) is 5.56 Å². The van der Waals surface area contributed by atoms with Crippen LogP contribution in [0.3, 0.4) is 0 Å². The number of carbonyl (C=O) groups excluding carboxylic acids is 1. The number of benzene rings is 1. The van der Waals surface area contributed by atoms with E-state index >= 15 is 0 Å². The minimum atomic E-state index is -0.275. The summed E-state index contributed by atoms with van der Waals surface area (Å²) < 4.78 is 16.0. The molecule has 0 aliphatic carbocycles. The van der Waals surface area contributed by atoms with Gasteiger partial charge in [-0.05, 0) is 28.9 Å². The van der Waals surface area contributed by atoms with Crippen LogP contribution in [-0.2, 0) is 16.0 Å². The van der Waals surface area contributed by atoms with Gasteiger partial charge in [-0.3, -0.25) is 4.79 Å². The predicted molar refractivity (Wildman–Crippen MR) is 67.6 cm³/mol. The molecule has 0 bridgehead atoms. The van der Waals surface area contributed by atoms with E-state index in [4.69, 9.17) is 14.2 Å². The summed E-state index contributed by atoms with van der Waals surface area (Å²) in [6, 6.07) is 3.57. The minimum absolute atomic E-state index is 0.180. The molecule has 1 rings (SSSR count). The molecule has 0 fully saturated rings. The largest absolute Gasteiger partial charge is 0.495 e. The fourth-order valence-electron chi connectivity index (χ4n) is 1.46. The second-order valence-corrected chi connectivity index (χ2v) is 4.05. The quantitative estimate of drug-likeness (QED) is 0.784. The summed E-state index contributed by atoms with van der Waals surface area (Å²) >= 11 is 3.38. The lowest BCUT2D eigenvalue weighted by Gasteiger charge is -2.12. The summed E-state index contributed by atoms with van der Waals surface area (Å²) in [4.78, 5) is 11.4. The Hall–Kier alpha value is -1.23. The molecule has 0 N–H and O–H groups in total. The lowest BCUT2D eigenvalue weighted by molar-refractivity contribution is -0.142. The number of esters is 1. The average molecular weight is 303 g/mol. The van der Waals surface area contributed by atoms with E-state index in [1.807, 2.05) is 0 Å². The topological polar surface area (TPSA) is 44.8 Å². The molecule has 0 heterocycles. The van der Waals surface area contributed by atoms with Gasteiger partial charge in [0.05, 0.1) is 27.2 Å². The Balaban J connectivity index is 3.00. The summed E-state index contributed by atoms with van der Waals surface area (Å²) in [5.41, 5.74) is 0.763. The Morgan fingerprint density at radius 2 is 2.00 bits per heavy atom. The number of halogens is 1. The van der Waals surface area contributed by atoms with Crippen LogP contribution < -0.4 is 9.47 Å². The molecule has 0 aliphatic heterocycles. The fraction of sp³-hybridized carbons (Fsp3) is 0.417. The molecule has 17 heavy (non-hydrogen) atoms. The molecular weight excluding hydrogens is 288 g/mol. The molecule has 1 aromatic rings. The van der Waals surface area contributed by atoms with E-state index in [-0.39, 0.29) is 12.4 Å². The van der Waals surface area contributed by atoms with Crippen molar-refractivity contribution in [2.24, 2.45) is 0 Å². The van der Waals surface area contributed by atoms with Crippen LogP contribution in [0.2, 0.25) is 0 Å². The Labute approximate surface area is 109 Å². The number of hydrogen-bond donors (Lipinski definition) is 0. The van der Waals surface area contributed by atoms with Gasteiger partial charge < -0.3 is 14.2 Å². The van der Waals surface area contributed by atoms with Crippen molar-refractivity contribution >= 4 is 21.9 Å². The highest BCUT2D eigenvalue weighted by molar-refractivity contribution is 9.10. The lowest BCUT2D eigenvalue weighted by Crippen LogP contribution is -2.08. The lowest BCUT2D eigenvalue weighted by atomic mass is 10.1. The monoisotopic (exact) mass is 302 g/mol. The Morgan fingerprint density at radius 1 is 1.29 bits per heavy atom. The average Bonchev–Trinajstić information content (AvgIpc) is 2.30. The molecule has 0 saturated heterocycles. The van der Waals surface area contributed by atoms with Crippen LogP contribution in [0.1, 0.15) is 12.5 Å². The second kappa shape index (κ2) is 6.49. The van der Waals surface area contributed by atoms with Crippen molar-refractivity contribution in [1.82, 2.24) is 0 Å². The molecule has 0 radical (unpaired) electrons. The Morgan fingerprint density at radius 3 is 2.53 bits per heavy atom. The summed E-state index contributed by atoms with van der Waals surface area (Å²) in [6.07, 6.45) is 0.180. The highest BCUT2D eigenvalue weighted by Gasteiger charge is 2.15. The molecule has 0 saturated carbocycles. The summed E-state index contributed by atoms with van der Waals surface area (Å²) in [7, 11) is 3.12. The van der Waals surface area contributed by atoms with Gasteiger partial charge in [0.15, 0.2) is 0 Å². The van der Waals surface area contributed by atoms with Gasteiger partial charge in [-0.15, -0.1) is 0 Å². The maximum Gasteiger partial charge on any atom is 0.310 e. The molecular formula is C12H15BrO4. The molecule has 0 unspecified atom stereocenters. The molecule has 5 heteroatoms. The standard InChI is InChI=1S/C12H15BrO4/c1-4-17-10(14)7-8-5-6-9(15-2)11(13)12(8)16-3/h5-6H,4,7H2,1-3H3. The van der Waals surface area contributed by atoms with Crippen LogP contribution in [0, 0.1) is 0 Å². The molecule has 4 nitrogen and oxygen atoms in total. The molecule has 0 aliphatic rings. The van der Waals surface area contributed by atoms with Gasteiger partial charge in [-0.2, -0.15) is 0 Å². The van der Waals surface area contributed by atoms with E-state index < -0.39 is 0 Å². The van der Waals surface area contributed by atoms with E-state index in [1.54, 1.807) is 33.3 Å². The maximum atomic E-state index is 11.4. The first-order chi connectivity index (χ1) is 8.13. The third-order valence-corrected chi connectivity index (χ3v) is 2.96. The van der Waals surface area contributed by atoms with Crippen LogP contribution in [-0.4, -0.2) is 26.8 Å². The van der Waals surface area contributed by atoms with Crippen molar-refractivity contribution in [1.29, 1.82) is 0 Å². The Kier molecular flexibility index (Phi) is 5.28. The highest BCUT2D eigenvalue weighted by Crippen LogP contribution is 2.37. The fourth-order valence-corrected chi connectivity index (χ4v) is 2.17. The van der Waals surface area contributed by atoms with E-state index in [0.29, 0.717) is 22.6 Å². The smallest absolute Gasteiger partial charge is 0.310 e. The first kappa shape index (κ1) is 13.8. The van der Waals surface area contributed by atoms with Crippen molar-refractivity contribution in [3.05, 3.63) is 22.2 Å². The zero-order valence-corrected chi connectivity index (χ0v) is 11.7. The first-order valence-electron chi connectivity index (χ1n) is 5.19. The van der Waals surface area contributed by atoms with Gasteiger partial charge >= 0.3 is 5.97 Å². The second-order valence-electron chi connectivity index (χ2n) is 3.26. The Bertz CT molecular complexity index is 404.